The molecule has 1 aliphatic rings. The molecule has 20 heavy (non-hydrogen) atoms. The van der Waals surface area contributed by atoms with Gasteiger partial charge in [-0.25, -0.2) is 4.98 Å². The molecule has 4 rings (SSSR count). The minimum absolute atomic E-state index is 0.871. The molecule has 0 bridgehead atoms. The zero-order chi connectivity index (χ0) is 13.4. The van der Waals surface area contributed by atoms with Gasteiger partial charge in [0.15, 0.2) is 0 Å². The van der Waals surface area contributed by atoms with Crippen molar-refractivity contribution in [2.75, 3.05) is 0 Å². The fourth-order valence-electron chi connectivity index (χ4n) is 2.63. The van der Waals surface area contributed by atoms with Crippen LogP contribution in [0.2, 0.25) is 0 Å². The number of rotatable bonds is 1. The lowest BCUT2D eigenvalue weighted by Gasteiger charge is -2.01. The molecule has 0 fully saturated rings. The van der Waals surface area contributed by atoms with E-state index in [9.17, 15) is 0 Å². The Bertz CT molecular complexity index is 782. The highest BCUT2D eigenvalue weighted by Gasteiger charge is 2.12. The minimum atomic E-state index is 0.871. The van der Waals surface area contributed by atoms with Crippen molar-refractivity contribution in [3.05, 3.63) is 77.7 Å². The largest absolute Gasteiger partial charge is 0.310 e. The van der Waals surface area contributed by atoms with Crippen LogP contribution >= 0.6 is 0 Å². The Morgan fingerprint density at radius 3 is 2.60 bits per heavy atom. The van der Waals surface area contributed by atoms with Crippen LogP contribution in [0.5, 0.6) is 0 Å². The van der Waals surface area contributed by atoms with Gasteiger partial charge in [-0.15, -0.1) is 0 Å². The van der Waals surface area contributed by atoms with E-state index in [0.717, 1.165) is 23.5 Å². The van der Waals surface area contributed by atoms with E-state index in [-0.39, 0.29) is 0 Å². The molecule has 0 radical (unpaired) electrons. The van der Waals surface area contributed by atoms with Gasteiger partial charge in [-0.05, 0) is 17.2 Å². The van der Waals surface area contributed by atoms with Crippen molar-refractivity contribution in [1.29, 1.82) is 0 Å². The summed E-state index contributed by atoms with van der Waals surface area (Å²) >= 11 is 0. The van der Waals surface area contributed by atoms with Crippen LogP contribution in [0.25, 0.3) is 23.5 Å². The monoisotopic (exact) mass is 258 g/mol. The Kier molecular flexibility index (Phi) is 2.52. The maximum absolute atomic E-state index is 4.79. The number of aromatic nitrogens is 2. The average Bonchev–Trinajstić information content (AvgIpc) is 2.82. The molecule has 1 aliphatic heterocycles. The van der Waals surface area contributed by atoms with E-state index >= 15 is 0 Å². The highest BCUT2D eigenvalue weighted by atomic mass is 15.1. The number of benzene rings is 2. The molecule has 0 N–H and O–H groups in total. The van der Waals surface area contributed by atoms with Gasteiger partial charge in [0, 0.05) is 24.4 Å². The summed E-state index contributed by atoms with van der Waals surface area (Å²) in [6.07, 6.45) is 7.23. The summed E-state index contributed by atoms with van der Waals surface area (Å²) in [6.45, 7) is 0. The van der Waals surface area contributed by atoms with Gasteiger partial charge < -0.3 is 4.57 Å². The van der Waals surface area contributed by atoms with Crippen molar-refractivity contribution < 1.29 is 0 Å². The standard InChI is InChI=1S/C18H14N2/c1-2-7-15(8-3-1)17-13-20-11-10-14-6-4-5-9-16(14)12-18(20)19-17/h1-11,13H,12H2. The summed E-state index contributed by atoms with van der Waals surface area (Å²) in [5.74, 6) is 1.09. The Hall–Kier alpha value is -2.61. The van der Waals surface area contributed by atoms with E-state index in [1.54, 1.807) is 0 Å². The quantitative estimate of drug-likeness (QED) is 0.503. The fraction of sp³-hybridized carbons (Fsp3) is 0.0556. The molecule has 0 saturated carbocycles. The Morgan fingerprint density at radius 2 is 1.70 bits per heavy atom. The van der Waals surface area contributed by atoms with Gasteiger partial charge in [-0.2, -0.15) is 0 Å². The molecule has 0 amide bonds. The smallest absolute Gasteiger partial charge is 0.117 e. The predicted octanol–water partition coefficient (Wildman–Crippen LogP) is 4.08. The molecule has 1 aromatic heterocycles. The zero-order valence-electron chi connectivity index (χ0n) is 11.0. The molecule has 0 spiro atoms. The van der Waals surface area contributed by atoms with Gasteiger partial charge in [0.05, 0.1) is 5.69 Å². The maximum Gasteiger partial charge on any atom is 0.117 e. The van der Waals surface area contributed by atoms with Crippen molar-refractivity contribution in [2.45, 2.75) is 6.42 Å². The van der Waals surface area contributed by atoms with Crippen molar-refractivity contribution in [3.63, 3.8) is 0 Å². The van der Waals surface area contributed by atoms with Crippen molar-refractivity contribution in [2.24, 2.45) is 0 Å². The van der Waals surface area contributed by atoms with Crippen LogP contribution < -0.4 is 0 Å². The highest BCUT2D eigenvalue weighted by molar-refractivity contribution is 5.67. The Morgan fingerprint density at radius 1 is 0.900 bits per heavy atom. The summed E-state index contributed by atoms with van der Waals surface area (Å²) in [4.78, 5) is 4.79. The van der Waals surface area contributed by atoms with Crippen molar-refractivity contribution in [1.82, 2.24) is 9.55 Å². The normalized spacial score (nSPS) is 12.6. The summed E-state index contributed by atoms with van der Waals surface area (Å²) < 4.78 is 2.13. The van der Waals surface area contributed by atoms with E-state index in [0.29, 0.717) is 0 Å². The molecule has 0 unspecified atom stereocenters. The molecular formula is C18H14N2. The van der Waals surface area contributed by atoms with Gasteiger partial charge >= 0.3 is 0 Å². The molecular weight excluding hydrogens is 244 g/mol. The first-order chi connectivity index (χ1) is 9.90. The molecule has 3 aromatic rings. The van der Waals surface area contributed by atoms with Gasteiger partial charge in [-0.1, -0.05) is 54.6 Å². The van der Waals surface area contributed by atoms with Crippen LogP contribution in [-0.4, -0.2) is 9.55 Å². The molecule has 2 heterocycles. The lowest BCUT2D eigenvalue weighted by atomic mass is 10.1. The number of nitrogens with zero attached hydrogens (tertiary/aromatic N) is 2. The van der Waals surface area contributed by atoms with Crippen LogP contribution in [-0.2, 0) is 6.42 Å². The van der Waals surface area contributed by atoms with Gasteiger partial charge in [0.1, 0.15) is 5.82 Å². The van der Waals surface area contributed by atoms with Crippen LogP contribution in [0.3, 0.4) is 0 Å². The van der Waals surface area contributed by atoms with Crippen molar-refractivity contribution >= 4 is 12.3 Å². The number of hydrogen-bond donors (Lipinski definition) is 0. The predicted molar refractivity (Wildman–Crippen MR) is 82.1 cm³/mol. The maximum atomic E-state index is 4.79. The summed E-state index contributed by atoms with van der Waals surface area (Å²) in [7, 11) is 0. The number of hydrogen-bond acceptors (Lipinski definition) is 1. The first kappa shape index (κ1) is 11.2. The summed E-state index contributed by atoms with van der Waals surface area (Å²) in [6, 6.07) is 18.8. The molecule has 2 heteroatoms. The molecule has 0 aliphatic carbocycles. The van der Waals surface area contributed by atoms with E-state index in [2.05, 4.69) is 59.4 Å². The third-order valence-corrected chi connectivity index (χ3v) is 3.70. The Labute approximate surface area is 118 Å². The molecule has 0 saturated heterocycles. The second kappa shape index (κ2) is 4.49. The molecule has 96 valence electrons. The van der Waals surface area contributed by atoms with Gasteiger partial charge in [0.25, 0.3) is 0 Å². The van der Waals surface area contributed by atoms with Crippen LogP contribution in [0.1, 0.15) is 17.0 Å². The van der Waals surface area contributed by atoms with Gasteiger partial charge in [-0.3, -0.25) is 0 Å². The average molecular weight is 258 g/mol. The van der Waals surface area contributed by atoms with E-state index < -0.39 is 0 Å². The van der Waals surface area contributed by atoms with E-state index in [1.165, 1.54) is 11.1 Å². The molecule has 2 nitrogen and oxygen atoms in total. The fourth-order valence-corrected chi connectivity index (χ4v) is 2.63. The van der Waals surface area contributed by atoms with E-state index in [1.807, 2.05) is 18.2 Å². The third-order valence-electron chi connectivity index (χ3n) is 3.70. The number of imidazole rings is 1. The van der Waals surface area contributed by atoms with Crippen LogP contribution in [0, 0.1) is 0 Å². The van der Waals surface area contributed by atoms with Gasteiger partial charge in [0.2, 0.25) is 0 Å². The second-order valence-corrected chi connectivity index (χ2v) is 5.01. The lowest BCUT2D eigenvalue weighted by molar-refractivity contribution is 0.959. The Balaban J connectivity index is 1.80. The second-order valence-electron chi connectivity index (χ2n) is 5.01. The lowest BCUT2D eigenvalue weighted by Crippen LogP contribution is -1.95. The summed E-state index contributed by atoms with van der Waals surface area (Å²) in [5.41, 5.74) is 4.80. The topological polar surface area (TPSA) is 17.8 Å². The zero-order valence-corrected chi connectivity index (χ0v) is 11.0. The third kappa shape index (κ3) is 1.86. The minimum Gasteiger partial charge on any atom is -0.310 e. The van der Waals surface area contributed by atoms with Crippen molar-refractivity contribution in [3.8, 4) is 11.3 Å². The first-order valence-electron chi connectivity index (χ1n) is 6.79. The number of fused-ring (bicyclic) bond motifs is 2. The van der Waals surface area contributed by atoms with Crippen LogP contribution in [0.15, 0.2) is 60.8 Å². The summed E-state index contributed by atoms with van der Waals surface area (Å²) in [5, 5.41) is 0. The molecule has 0 atom stereocenters. The van der Waals surface area contributed by atoms with E-state index in [4.69, 9.17) is 4.98 Å². The van der Waals surface area contributed by atoms with Crippen LogP contribution in [0.4, 0.5) is 0 Å². The first-order valence-corrected chi connectivity index (χ1v) is 6.79. The highest BCUT2D eigenvalue weighted by Crippen LogP contribution is 2.24. The SMILES string of the molecule is C1=Cn2cc(-c3ccccc3)nc2Cc2ccccc21. The molecule has 2 aromatic carbocycles.